The highest BCUT2D eigenvalue weighted by atomic mass is 16.6. The number of methoxy groups -OCH3 is 1. The number of hydrogen-bond donors (Lipinski definition) is 0. The van der Waals surface area contributed by atoms with E-state index < -0.39 is 16.9 Å². The first-order chi connectivity index (χ1) is 7.04. The molecule has 0 aliphatic rings. The molecule has 1 aromatic rings. The van der Waals surface area contributed by atoms with E-state index in [1.165, 1.54) is 24.9 Å². The highest BCUT2D eigenvalue weighted by Gasteiger charge is 2.16. The fourth-order valence-corrected chi connectivity index (χ4v) is 0.923. The van der Waals surface area contributed by atoms with Gasteiger partial charge < -0.3 is 4.74 Å². The molecule has 1 aromatic heterocycles. The van der Waals surface area contributed by atoms with Crippen molar-refractivity contribution < 1.29 is 14.5 Å². The second-order valence-electron chi connectivity index (χ2n) is 2.95. The third-order valence-electron chi connectivity index (χ3n) is 1.74. The van der Waals surface area contributed by atoms with Gasteiger partial charge in [-0.25, -0.2) is 9.48 Å². The van der Waals surface area contributed by atoms with Crippen molar-refractivity contribution in [2.24, 2.45) is 0 Å². The summed E-state index contributed by atoms with van der Waals surface area (Å²) in [4.78, 5) is 20.9. The first-order valence-corrected chi connectivity index (χ1v) is 4.16. The maximum atomic E-state index is 11.0. The quantitative estimate of drug-likeness (QED) is 0.388. The summed E-state index contributed by atoms with van der Waals surface area (Å²) >= 11 is 0. The maximum absolute atomic E-state index is 11.0. The van der Waals surface area contributed by atoms with Crippen LogP contribution < -0.4 is 0 Å². The molecule has 0 radical (unpaired) electrons. The minimum Gasteiger partial charge on any atom is -0.464 e. The van der Waals surface area contributed by atoms with Crippen LogP contribution in [0.15, 0.2) is 6.20 Å². The lowest BCUT2D eigenvalue weighted by Gasteiger charge is -2.01. The lowest BCUT2D eigenvalue weighted by molar-refractivity contribution is -0.520. The normalized spacial score (nSPS) is 12.1. The third-order valence-corrected chi connectivity index (χ3v) is 1.74. The van der Waals surface area contributed by atoms with Gasteiger partial charge in [-0.1, -0.05) is 5.21 Å². The molecule has 0 aromatic carbocycles. The van der Waals surface area contributed by atoms with Crippen molar-refractivity contribution in [2.45, 2.75) is 19.5 Å². The van der Waals surface area contributed by atoms with Crippen LogP contribution >= 0.6 is 0 Å². The Kier molecular flexibility index (Phi) is 3.32. The van der Waals surface area contributed by atoms with E-state index in [2.05, 4.69) is 15.0 Å². The summed E-state index contributed by atoms with van der Waals surface area (Å²) in [5, 5.41) is 17.4. The molecule has 0 aliphatic carbocycles. The molecular formula is C7H10N4O4. The molecule has 8 heteroatoms. The molecule has 15 heavy (non-hydrogen) atoms. The molecule has 0 bridgehead atoms. The molecule has 0 amide bonds. The Bertz CT molecular complexity index is 375. The SMILES string of the molecule is COC(=O)c1cn(CC(C)[N+](=O)[O-])nn1. The lowest BCUT2D eigenvalue weighted by atomic mass is 10.3. The zero-order valence-electron chi connectivity index (χ0n) is 8.28. The first-order valence-electron chi connectivity index (χ1n) is 4.16. The first kappa shape index (κ1) is 11.1. The molecule has 0 saturated carbocycles. The molecule has 8 nitrogen and oxygen atoms in total. The molecule has 0 N–H and O–H groups in total. The zero-order valence-corrected chi connectivity index (χ0v) is 8.28. The molecule has 0 spiro atoms. The van der Waals surface area contributed by atoms with Crippen LogP contribution in [0.2, 0.25) is 0 Å². The van der Waals surface area contributed by atoms with Gasteiger partial charge in [0.1, 0.15) is 6.54 Å². The van der Waals surface area contributed by atoms with E-state index >= 15 is 0 Å². The Morgan fingerprint density at radius 3 is 3.00 bits per heavy atom. The van der Waals surface area contributed by atoms with Crippen LogP contribution in [-0.2, 0) is 11.3 Å². The van der Waals surface area contributed by atoms with Crippen LogP contribution in [-0.4, -0.2) is 39.0 Å². The molecule has 1 rings (SSSR count). The second kappa shape index (κ2) is 4.49. The monoisotopic (exact) mass is 214 g/mol. The van der Waals surface area contributed by atoms with E-state index in [1.807, 2.05) is 0 Å². The molecule has 0 aliphatic heterocycles. The molecule has 82 valence electrons. The number of hydrogen-bond acceptors (Lipinski definition) is 6. The van der Waals surface area contributed by atoms with Crippen molar-refractivity contribution in [3.63, 3.8) is 0 Å². The number of rotatable bonds is 4. The van der Waals surface area contributed by atoms with Gasteiger partial charge in [-0.15, -0.1) is 5.10 Å². The van der Waals surface area contributed by atoms with E-state index in [0.717, 1.165) is 0 Å². The second-order valence-corrected chi connectivity index (χ2v) is 2.95. The van der Waals surface area contributed by atoms with Crippen LogP contribution in [0.4, 0.5) is 0 Å². The van der Waals surface area contributed by atoms with Crippen LogP contribution in [0.1, 0.15) is 17.4 Å². The van der Waals surface area contributed by atoms with Crippen molar-refractivity contribution in [3.05, 3.63) is 22.0 Å². The number of ether oxygens (including phenoxy) is 1. The van der Waals surface area contributed by atoms with Gasteiger partial charge in [0.05, 0.1) is 13.3 Å². The number of aromatic nitrogens is 3. The summed E-state index contributed by atoms with van der Waals surface area (Å²) in [7, 11) is 1.22. The van der Waals surface area contributed by atoms with E-state index in [9.17, 15) is 14.9 Å². The summed E-state index contributed by atoms with van der Waals surface area (Å²) < 4.78 is 5.65. The van der Waals surface area contributed by atoms with Crippen molar-refractivity contribution in [1.29, 1.82) is 0 Å². The van der Waals surface area contributed by atoms with Crippen molar-refractivity contribution in [3.8, 4) is 0 Å². The van der Waals surface area contributed by atoms with Gasteiger partial charge in [-0.2, -0.15) is 0 Å². The highest BCUT2D eigenvalue weighted by molar-refractivity contribution is 5.86. The predicted octanol–water partition coefficient (Wildman–Crippen LogP) is -0.270. The standard InChI is InChI=1S/C7H10N4O4/c1-5(11(13)14)3-10-4-6(8-9-10)7(12)15-2/h4-5H,3H2,1-2H3. The van der Waals surface area contributed by atoms with Gasteiger partial charge in [0.25, 0.3) is 0 Å². The van der Waals surface area contributed by atoms with Gasteiger partial charge >= 0.3 is 5.97 Å². The summed E-state index contributed by atoms with van der Waals surface area (Å²) in [5.41, 5.74) is 0.0352. The van der Waals surface area contributed by atoms with Crippen LogP contribution in [0.5, 0.6) is 0 Å². The average Bonchev–Trinajstić information content (AvgIpc) is 2.65. The number of esters is 1. The summed E-state index contributed by atoms with van der Waals surface area (Å²) in [6.07, 6.45) is 1.31. The molecule has 0 fully saturated rings. The number of nitrogens with zero attached hydrogens (tertiary/aromatic N) is 4. The Balaban J connectivity index is 2.68. The van der Waals surface area contributed by atoms with Gasteiger partial charge in [-0.05, 0) is 0 Å². The van der Waals surface area contributed by atoms with Crippen LogP contribution in [0.25, 0.3) is 0 Å². The Morgan fingerprint density at radius 2 is 2.47 bits per heavy atom. The Morgan fingerprint density at radius 1 is 1.80 bits per heavy atom. The Hall–Kier alpha value is -1.99. The Labute approximate surface area is 85.0 Å². The smallest absolute Gasteiger partial charge is 0.360 e. The summed E-state index contributed by atoms with van der Waals surface area (Å²) in [6.45, 7) is 1.51. The third kappa shape index (κ3) is 2.73. The minimum absolute atomic E-state index is 0.0352. The highest BCUT2D eigenvalue weighted by Crippen LogP contribution is 1.98. The molecular weight excluding hydrogens is 204 g/mol. The summed E-state index contributed by atoms with van der Waals surface area (Å²) in [5.74, 6) is -0.616. The van der Waals surface area contributed by atoms with E-state index in [1.54, 1.807) is 0 Å². The van der Waals surface area contributed by atoms with E-state index in [4.69, 9.17) is 0 Å². The molecule has 1 unspecified atom stereocenters. The van der Waals surface area contributed by atoms with Gasteiger partial charge in [0.2, 0.25) is 6.04 Å². The lowest BCUT2D eigenvalue weighted by Crippen LogP contribution is -2.22. The fraction of sp³-hybridized carbons (Fsp3) is 0.571. The van der Waals surface area contributed by atoms with Crippen molar-refractivity contribution in [1.82, 2.24) is 15.0 Å². The number of carbonyl (C=O) groups excluding carboxylic acids is 1. The van der Waals surface area contributed by atoms with Gasteiger partial charge in [0, 0.05) is 11.8 Å². The predicted molar refractivity (Wildman–Crippen MR) is 47.8 cm³/mol. The number of carbonyl (C=O) groups is 1. The van der Waals surface area contributed by atoms with Crippen molar-refractivity contribution >= 4 is 5.97 Å². The largest absolute Gasteiger partial charge is 0.464 e. The molecule has 1 atom stereocenters. The van der Waals surface area contributed by atoms with Crippen LogP contribution in [0, 0.1) is 10.1 Å². The molecule has 0 saturated heterocycles. The maximum Gasteiger partial charge on any atom is 0.360 e. The van der Waals surface area contributed by atoms with Crippen LogP contribution in [0.3, 0.4) is 0 Å². The minimum atomic E-state index is -0.780. The summed E-state index contributed by atoms with van der Waals surface area (Å²) in [6, 6.07) is -0.780. The fourth-order valence-electron chi connectivity index (χ4n) is 0.923. The average molecular weight is 214 g/mol. The van der Waals surface area contributed by atoms with Gasteiger partial charge in [0.15, 0.2) is 5.69 Å². The zero-order chi connectivity index (χ0) is 11.4. The topological polar surface area (TPSA) is 100 Å². The van der Waals surface area contributed by atoms with Gasteiger partial charge in [-0.3, -0.25) is 10.1 Å². The van der Waals surface area contributed by atoms with E-state index in [-0.39, 0.29) is 12.2 Å². The van der Waals surface area contributed by atoms with Crippen molar-refractivity contribution in [2.75, 3.05) is 7.11 Å². The number of nitro groups is 1. The van der Waals surface area contributed by atoms with E-state index in [0.29, 0.717) is 0 Å². The molecule has 1 heterocycles.